The summed E-state index contributed by atoms with van der Waals surface area (Å²) in [5, 5.41) is 9.43. The van der Waals surface area contributed by atoms with Crippen LogP contribution in [0.3, 0.4) is 0 Å². The van der Waals surface area contributed by atoms with Crippen LogP contribution in [0.4, 0.5) is 0 Å². The molecule has 1 heterocycles. The Balaban J connectivity index is 2.16. The smallest absolute Gasteiger partial charge is 0.316 e. The van der Waals surface area contributed by atoms with Crippen LogP contribution < -0.4 is 9.47 Å². The number of benzene rings is 1. The summed E-state index contributed by atoms with van der Waals surface area (Å²) < 4.78 is 10.6. The zero-order valence-corrected chi connectivity index (χ0v) is 10.9. The standard InChI is InChI=1S/C14H18O4/c1-14(2,3)13(16)17-10-6-4-9-5-7-12(15)18-11(9)8-10/h4,6,8,12,15H,5,7H2,1-3H3. The Morgan fingerprint density at radius 2 is 2.17 bits per heavy atom. The second-order valence-corrected chi connectivity index (χ2v) is 5.52. The number of ether oxygens (including phenoxy) is 2. The number of rotatable bonds is 1. The Kier molecular flexibility index (Phi) is 3.30. The van der Waals surface area contributed by atoms with Crippen molar-refractivity contribution in [3.8, 4) is 11.5 Å². The fourth-order valence-electron chi connectivity index (χ4n) is 1.66. The van der Waals surface area contributed by atoms with Crippen LogP contribution in [0.25, 0.3) is 0 Å². The number of carbonyl (C=O) groups is 1. The quantitative estimate of drug-likeness (QED) is 0.613. The van der Waals surface area contributed by atoms with Crippen molar-refractivity contribution in [2.45, 2.75) is 39.9 Å². The first-order valence-corrected chi connectivity index (χ1v) is 6.06. The Hall–Kier alpha value is -1.55. The van der Waals surface area contributed by atoms with Crippen molar-refractivity contribution < 1.29 is 19.4 Å². The summed E-state index contributed by atoms with van der Waals surface area (Å²) in [4.78, 5) is 11.8. The lowest BCUT2D eigenvalue weighted by Gasteiger charge is -2.23. The fraction of sp³-hybridized carbons (Fsp3) is 0.500. The molecule has 0 radical (unpaired) electrons. The summed E-state index contributed by atoms with van der Waals surface area (Å²) in [6.07, 6.45) is 0.587. The third-order valence-electron chi connectivity index (χ3n) is 2.79. The van der Waals surface area contributed by atoms with Gasteiger partial charge >= 0.3 is 5.97 Å². The van der Waals surface area contributed by atoms with Gasteiger partial charge in [-0.25, -0.2) is 0 Å². The molecule has 1 unspecified atom stereocenters. The third kappa shape index (κ3) is 2.82. The highest BCUT2D eigenvalue weighted by Crippen LogP contribution is 2.31. The molecule has 0 saturated carbocycles. The van der Waals surface area contributed by atoms with Crippen molar-refractivity contribution in [1.29, 1.82) is 0 Å². The molecule has 0 aromatic heterocycles. The molecule has 18 heavy (non-hydrogen) atoms. The van der Waals surface area contributed by atoms with Crippen LogP contribution in [0.2, 0.25) is 0 Å². The van der Waals surface area contributed by atoms with E-state index in [1.54, 1.807) is 32.9 Å². The highest BCUT2D eigenvalue weighted by Gasteiger charge is 2.24. The first kappa shape index (κ1) is 12.9. The van der Waals surface area contributed by atoms with Crippen molar-refractivity contribution in [2.75, 3.05) is 0 Å². The summed E-state index contributed by atoms with van der Waals surface area (Å²) in [7, 11) is 0. The average Bonchev–Trinajstić information content (AvgIpc) is 2.27. The monoisotopic (exact) mass is 250 g/mol. The van der Waals surface area contributed by atoms with Gasteiger partial charge in [0.2, 0.25) is 0 Å². The molecule has 0 aliphatic carbocycles. The minimum absolute atomic E-state index is 0.293. The van der Waals surface area contributed by atoms with Gasteiger partial charge in [-0.05, 0) is 38.8 Å². The Morgan fingerprint density at radius 3 is 2.83 bits per heavy atom. The molecule has 0 bridgehead atoms. The lowest BCUT2D eigenvalue weighted by atomic mass is 9.97. The van der Waals surface area contributed by atoms with Crippen molar-refractivity contribution >= 4 is 5.97 Å². The SMILES string of the molecule is CC(C)(C)C(=O)Oc1ccc2c(c1)OC(O)CC2. The molecule has 0 saturated heterocycles. The second kappa shape index (κ2) is 4.61. The van der Waals surface area contributed by atoms with E-state index in [9.17, 15) is 9.90 Å². The number of hydrogen-bond donors (Lipinski definition) is 1. The molecule has 1 aliphatic rings. The average molecular weight is 250 g/mol. The molecule has 4 heteroatoms. The summed E-state index contributed by atoms with van der Waals surface area (Å²) in [6.45, 7) is 5.40. The molecule has 1 atom stereocenters. The van der Waals surface area contributed by atoms with Gasteiger partial charge < -0.3 is 14.6 Å². The van der Waals surface area contributed by atoms with E-state index >= 15 is 0 Å². The summed E-state index contributed by atoms with van der Waals surface area (Å²) in [5.41, 5.74) is 0.479. The summed E-state index contributed by atoms with van der Waals surface area (Å²) >= 11 is 0. The molecule has 98 valence electrons. The zero-order chi connectivity index (χ0) is 13.3. The number of fused-ring (bicyclic) bond motifs is 1. The van der Waals surface area contributed by atoms with E-state index in [0.29, 0.717) is 17.9 Å². The van der Waals surface area contributed by atoms with Crippen LogP contribution in [-0.4, -0.2) is 17.4 Å². The molecule has 1 N–H and O–H groups in total. The van der Waals surface area contributed by atoms with Gasteiger partial charge in [-0.3, -0.25) is 4.79 Å². The largest absolute Gasteiger partial charge is 0.465 e. The molecular weight excluding hydrogens is 232 g/mol. The van der Waals surface area contributed by atoms with Crippen molar-refractivity contribution in [3.63, 3.8) is 0 Å². The molecule has 0 spiro atoms. The molecule has 0 fully saturated rings. The predicted molar refractivity (Wildman–Crippen MR) is 66.5 cm³/mol. The predicted octanol–water partition coefficient (Wildman–Crippen LogP) is 2.28. The van der Waals surface area contributed by atoms with E-state index in [1.807, 2.05) is 6.07 Å². The Labute approximate surface area is 107 Å². The van der Waals surface area contributed by atoms with Crippen LogP contribution in [0.1, 0.15) is 32.8 Å². The normalized spacial score (nSPS) is 18.8. The van der Waals surface area contributed by atoms with E-state index in [-0.39, 0.29) is 5.97 Å². The lowest BCUT2D eigenvalue weighted by Crippen LogP contribution is -2.26. The number of hydrogen-bond acceptors (Lipinski definition) is 4. The fourth-order valence-corrected chi connectivity index (χ4v) is 1.66. The highest BCUT2D eigenvalue weighted by atomic mass is 16.6. The van der Waals surface area contributed by atoms with E-state index in [0.717, 1.165) is 12.0 Å². The van der Waals surface area contributed by atoms with Gasteiger partial charge in [0.15, 0.2) is 6.29 Å². The molecule has 1 aromatic carbocycles. The van der Waals surface area contributed by atoms with Crippen molar-refractivity contribution in [1.82, 2.24) is 0 Å². The van der Waals surface area contributed by atoms with E-state index < -0.39 is 11.7 Å². The Morgan fingerprint density at radius 1 is 1.44 bits per heavy atom. The first-order valence-electron chi connectivity index (χ1n) is 6.06. The minimum Gasteiger partial charge on any atom is -0.465 e. The number of aliphatic hydroxyl groups is 1. The maximum absolute atomic E-state index is 11.8. The number of esters is 1. The molecule has 1 aromatic rings. The van der Waals surface area contributed by atoms with Crippen molar-refractivity contribution in [2.24, 2.45) is 5.41 Å². The van der Waals surface area contributed by atoms with Crippen LogP contribution >= 0.6 is 0 Å². The van der Waals surface area contributed by atoms with Crippen molar-refractivity contribution in [3.05, 3.63) is 23.8 Å². The first-order chi connectivity index (χ1) is 8.36. The minimum atomic E-state index is -0.772. The second-order valence-electron chi connectivity index (χ2n) is 5.52. The topological polar surface area (TPSA) is 55.8 Å². The van der Waals surface area contributed by atoms with E-state index in [4.69, 9.17) is 9.47 Å². The molecule has 0 amide bonds. The summed E-state index contributed by atoms with van der Waals surface area (Å²) in [5.74, 6) is 0.745. The van der Waals surface area contributed by atoms with Gasteiger partial charge in [-0.1, -0.05) is 6.07 Å². The molecule has 4 nitrogen and oxygen atoms in total. The van der Waals surface area contributed by atoms with Gasteiger partial charge in [0.1, 0.15) is 11.5 Å². The van der Waals surface area contributed by atoms with Crippen LogP contribution in [0.5, 0.6) is 11.5 Å². The number of carbonyl (C=O) groups excluding carboxylic acids is 1. The molecular formula is C14H18O4. The lowest BCUT2D eigenvalue weighted by molar-refractivity contribution is -0.143. The van der Waals surface area contributed by atoms with Crippen LogP contribution in [0.15, 0.2) is 18.2 Å². The number of aryl methyl sites for hydroxylation is 1. The third-order valence-corrected chi connectivity index (χ3v) is 2.79. The van der Waals surface area contributed by atoms with Gasteiger partial charge in [-0.15, -0.1) is 0 Å². The van der Waals surface area contributed by atoms with Gasteiger partial charge in [0.25, 0.3) is 0 Å². The van der Waals surface area contributed by atoms with E-state index in [2.05, 4.69) is 0 Å². The van der Waals surface area contributed by atoms with Gasteiger partial charge in [0.05, 0.1) is 5.41 Å². The van der Waals surface area contributed by atoms with Crippen LogP contribution in [0, 0.1) is 5.41 Å². The van der Waals surface area contributed by atoms with Crippen LogP contribution in [-0.2, 0) is 11.2 Å². The number of aliphatic hydroxyl groups excluding tert-OH is 1. The zero-order valence-electron chi connectivity index (χ0n) is 10.9. The Bertz CT molecular complexity index is 459. The van der Waals surface area contributed by atoms with E-state index in [1.165, 1.54) is 0 Å². The molecule has 2 rings (SSSR count). The maximum Gasteiger partial charge on any atom is 0.316 e. The van der Waals surface area contributed by atoms with Gasteiger partial charge in [-0.2, -0.15) is 0 Å². The highest BCUT2D eigenvalue weighted by molar-refractivity contribution is 5.78. The maximum atomic E-state index is 11.8. The summed E-state index contributed by atoms with van der Waals surface area (Å²) in [6, 6.07) is 5.28. The molecule has 1 aliphatic heterocycles. The van der Waals surface area contributed by atoms with Gasteiger partial charge in [0, 0.05) is 12.5 Å².